The zero-order valence-electron chi connectivity index (χ0n) is 27.3. The maximum absolute atomic E-state index is 13.0. The molecule has 6 aromatic rings. The fourth-order valence-electron chi connectivity index (χ4n) is 5.98. The third-order valence-electron chi connectivity index (χ3n) is 8.19. The molecule has 1 unspecified atom stereocenters. The van der Waals surface area contributed by atoms with E-state index in [0.717, 1.165) is 74.4 Å². The van der Waals surface area contributed by atoms with Gasteiger partial charge in [-0.1, -0.05) is 61.5 Å². The molecule has 9 heteroatoms. The second-order valence-corrected chi connectivity index (χ2v) is 11.5. The molecule has 0 aliphatic carbocycles. The van der Waals surface area contributed by atoms with Crippen LogP contribution >= 0.6 is 0 Å². The number of benzene rings is 4. The molecule has 0 fully saturated rings. The van der Waals surface area contributed by atoms with E-state index in [1.165, 1.54) is 6.92 Å². The Labute approximate surface area is 273 Å². The summed E-state index contributed by atoms with van der Waals surface area (Å²) in [7, 11) is 2.06. The van der Waals surface area contributed by atoms with Gasteiger partial charge in [-0.3, -0.25) is 0 Å². The SMILES string of the molecule is CCCc1nc2c(C)cc(-c3nc4ccccc4n3C)cc2n1Cc1ccc(-c2ccccc2C(=O)OC(C)OC(=O)OCC)cc1. The van der Waals surface area contributed by atoms with E-state index in [9.17, 15) is 9.59 Å². The molecule has 2 heterocycles. The average Bonchev–Trinajstić information content (AvgIpc) is 3.58. The van der Waals surface area contributed by atoms with Gasteiger partial charge in [-0.15, -0.1) is 0 Å². The predicted molar refractivity (Wildman–Crippen MR) is 182 cm³/mol. The van der Waals surface area contributed by atoms with Crippen LogP contribution in [0, 0.1) is 6.92 Å². The first-order valence-corrected chi connectivity index (χ1v) is 15.9. The molecule has 6 rings (SSSR count). The molecular formula is C38H38N4O5. The third-order valence-corrected chi connectivity index (χ3v) is 8.19. The van der Waals surface area contributed by atoms with Gasteiger partial charge in [-0.2, -0.15) is 0 Å². The molecule has 0 aliphatic rings. The summed E-state index contributed by atoms with van der Waals surface area (Å²) < 4.78 is 19.6. The number of hydrogen-bond acceptors (Lipinski definition) is 7. The van der Waals surface area contributed by atoms with Gasteiger partial charge in [-0.05, 0) is 72.9 Å². The largest absolute Gasteiger partial charge is 0.511 e. The number of para-hydroxylation sites is 2. The minimum atomic E-state index is -1.10. The van der Waals surface area contributed by atoms with Gasteiger partial charge in [0.2, 0.25) is 6.29 Å². The van der Waals surface area contributed by atoms with Crippen LogP contribution in [0.1, 0.15) is 54.5 Å². The van der Waals surface area contributed by atoms with Crippen molar-refractivity contribution in [3.63, 3.8) is 0 Å². The highest BCUT2D eigenvalue weighted by Gasteiger charge is 2.20. The number of carbonyl (C=O) groups excluding carboxylic acids is 2. The highest BCUT2D eigenvalue weighted by Crippen LogP contribution is 2.31. The van der Waals surface area contributed by atoms with Gasteiger partial charge in [-0.25, -0.2) is 19.6 Å². The first kappa shape index (κ1) is 31.5. The first-order chi connectivity index (χ1) is 22.8. The topological polar surface area (TPSA) is 97.5 Å². The molecule has 0 amide bonds. The van der Waals surface area contributed by atoms with E-state index in [1.807, 2.05) is 42.5 Å². The summed E-state index contributed by atoms with van der Waals surface area (Å²) >= 11 is 0. The van der Waals surface area contributed by atoms with Crippen LogP contribution in [0.3, 0.4) is 0 Å². The van der Waals surface area contributed by atoms with Gasteiger partial charge in [0.25, 0.3) is 0 Å². The molecule has 0 saturated heterocycles. The first-order valence-electron chi connectivity index (χ1n) is 15.9. The summed E-state index contributed by atoms with van der Waals surface area (Å²) in [5.74, 6) is 1.37. The van der Waals surface area contributed by atoms with E-state index >= 15 is 0 Å². The molecule has 0 N–H and O–H groups in total. The number of carbonyl (C=O) groups is 2. The highest BCUT2D eigenvalue weighted by molar-refractivity contribution is 5.97. The van der Waals surface area contributed by atoms with Crippen molar-refractivity contribution >= 4 is 34.2 Å². The maximum Gasteiger partial charge on any atom is 0.511 e. The number of fused-ring (bicyclic) bond motifs is 2. The number of aromatic nitrogens is 4. The van der Waals surface area contributed by atoms with E-state index in [4.69, 9.17) is 24.2 Å². The fraction of sp³-hybridized carbons (Fsp3) is 0.263. The lowest BCUT2D eigenvalue weighted by atomic mass is 9.98. The lowest BCUT2D eigenvalue weighted by molar-refractivity contribution is -0.0810. The smallest absolute Gasteiger partial charge is 0.435 e. The third kappa shape index (κ3) is 6.47. The Hall–Kier alpha value is -5.44. The van der Waals surface area contributed by atoms with Crippen molar-refractivity contribution < 1.29 is 23.8 Å². The minimum absolute atomic E-state index is 0.165. The number of ether oxygens (including phenoxy) is 3. The Kier molecular flexibility index (Phi) is 9.06. The number of rotatable bonds is 10. The number of nitrogens with zero attached hydrogens (tertiary/aromatic N) is 4. The average molecular weight is 631 g/mol. The van der Waals surface area contributed by atoms with Crippen molar-refractivity contribution in [3.05, 3.63) is 107 Å². The Morgan fingerprint density at radius 3 is 2.34 bits per heavy atom. The molecule has 47 heavy (non-hydrogen) atoms. The summed E-state index contributed by atoms with van der Waals surface area (Å²) in [5, 5.41) is 0. The van der Waals surface area contributed by atoms with Gasteiger partial charge in [0.05, 0.1) is 34.2 Å². The normalized spacial score (nSPS) is 11.9. The molecule has 0 saturated carbocycles. The van der Waals surface area contributed by atoms with E-state index in [-0.39, 0.29) is 6.61 Å². The van der Waals surface area contributed by atoms with E-state index in [2.05, 4.69) is 60.4 Å². The zero-order valence-corrected chi connectivity index (χ0v) is 27.3. The van der Waals surface area contributed by atoms with Crippen LogP contribution in [0.25, 0.3) is 44.6 Å². The molecule has 0 radical (unpaired) electrons. The van der Waals surface area contributed by atoms with Crippen molar-refractivity contribution in [3.8, 4) is 22.5 Å². The number of hydrogen-bond donors (Lipinski definition) is 0. The lowest BCUT2D eigenvalue weighted by Crippen LogP contribution is -2.22. The molecule has 9 nitrogen and oxygen atoms in total. The second-order valence-electron chi connectivity index (χ2n) is 11.5. The molecular weight excluding hydrogens is 592 g/mol. The van der Waals surface area contributed by atoms with Crippen molar-refractivity contribution in [1.29, 1.82) is 0 Å². The molecule has 2 aromatic heterocycles. The molecule has 4 aromatic carbocycles. The molecule has 0 spiro atoms. The van der Waals surface area contributed by atoms with Crippen LogP contribution in [0.15, 0.2) is 84.9 Å². The molecule has 0 aliphatic heterocycles. The van der Waals surface area contributed by atoms with Crippen LogP contribution < -0.4 is 0 Å². The minimum Gasteiger partial charge on any atom is -0.435 e. The monoisotopic (exact) mass is 630 g/mol. The number of imidazole rings is 2. The summed E-state index contributed by atoms with van der Waals surface area (Å²) in [6.45, 7) is 8.23. The van der Waals surface area contributed by atoms with Gasteiger partial charge in [0.1, 0.15) is 11.6 Å². The molecule has 0 bridgehead atoms. The second kappa shape index (κ2) is 13.5. The Bertz CT molecular complexity index is 2080. The van der Waals surface area contributed by atoms with Gasteiger partial charge < -0.3 is 23.3 Å². The quantitative estimate of drug-likeness (QED) is 0.111. The van der Waals surface area contributed by atoms with Gasteiger partial charge in [0, 0.05) is 32.5 Å². The van der Waals surface area contributed by atoms with E-state index in [0.29, 0.717) is 12.1 Å². The zero-order chi connectivity index (χ0) is 33.1. The van der Waals surface area contributed by atoms with Gasteiger partial charge in [0.15, 0.2) is 0 Å². The Morgan fingerprint density at radius 2 is 1.60 bits per heavy atom. The highest BCUT2D eigenvalue weighted by atomic mass is 16.8. The number of aryl methyl sites for hydroxylation is 3. The van der Waals surface area contributed by atoms with Crippen LogP contribution in [-0.2, 0) is 34.2 Å². The van der Waals surface area contributed by atoms with Crippen molar-refractivity contribution in [2.75, 3.05) is 6.61 Å². The molecule has 240 valence electrons. The Morgan fingerprint density at radius 1 is 0.851 bits per heavy atom. The van der Waals surface area contributed by atoms with E-state index in [1.54, 1.807) is 19.1 Å². The number of esters is 1. The lowest BCUT2D eigenvalue weighted by Gasteiger charge is -2.15. The van der Waals surface area contributed by atoms with Crippen LogP contribution in [-0.4, -0.2) is 44.1 Å². The summed E-state index contributed by atoms with van der Waals surface area (Å²) in [4.78, 5) is 34.7. The summed E-state index contributed by atoms with van der Waals surface area (Å²) in [6.07, 6.45) is -0.141. The van der Waals surface area contributed by atoms with Crippen molar-refractivity contribution in [1.82, 2.24) is 19.1 Å². The standard InChI is InChI=1S/C38H38N4O5/c1-6-12-34-40-35-24(3)21-28(36-39-31-15-10-11-16-32(31)41(36)5)22-33(35)42(34)23-26-17-19-27(20-18-26)29-13-8-9-14-30(29)37(43)46-25(4)47-38(44)45-7-2/h8-11,13-22,25H,6-7,12,23H2,1-5H3. The fourth-order valence-corrected chi connectivity index (χ4v) is 5.98. The van der Waals surface area contributed by atoms with Crippen LogP contribution in [0.4, 0.5) is 4.79 Å². The predicted octanol–water partition coefficient (Wildman–Crippen LogP) is 8.24. The van der Waals surface area contributed by atoms with Gasteiger partial charge >= 0.3 is 12.1 Å². The summed E-state index contributed by atoms with van der Waals surface area (Å²) in [5.41, 5.74) is 9.36. The van der Waals surface area contributed by atoms with E-state index < -0.39 is 18.4 Å². The Balaban J connectivity index is 1.30. The van der Waals surface area contributed by atoms with Crippen LogP contribution in [0.2, 0.25) is 0 Å². The molecule has 1 atom stereocenters. The van der Waals surface area contributed by atoms with Crippen LogP contribution in [0.5, 0.6) is 0 Å². The van der Waals surface area contributed by atoms with Crippen molar-refractivity contribution in [2.45, 2.75) is 53.4 Å². The van der Waals surface area contributed by atoms with Crippen molar-refractivity contribution in [2.24, 2.45) is 7.05 Å². The summed E-state index contributed by atoms with van der Waals surface area (Å²) in [6, 6.07) is 28.0. The maximum atomic E-state index is 13.0.